The number of hydrogen-bond acceptors (Lipinski definition) is 2. The van der Waals surface area contributed by atoms with Gasteiger partial charge in [0.25, 0.3) is 0 Å². The van der Waals surface area contributed by atoms with Crippen LogP contribution in [0, 0.1) is 0 Å². The molecule has 0 rings (SSSR count). The minimum absolute atomic E-state index is 0.207. The molecule has 0 saturated carbocycles. The van der Waals surface area contributed by atoms with E-state index in [9.17, 15) is 0 Å². The Morgan fingerprint density at radius 3 is 2.67 bits per heavy atom. The van der Waals surface area contributed by atoms with Crippen molar-refractivity contribution in [3.8, 4) is 0 Å². The third-order valence-corrected chi connectivity index (χ3v) is 0.764. The van der Waals surface area contributed by atoms with Gasteiger partial charge in [0.15, 0.2) is 0 Å². The molecule has 0 atom stereocenters. The average Bonchev–Trinajstić information content (AvgIpc) is 1.80. The van der Waals surface area contributed by atoms with Crippen LogP contribution < -0.4 is 0 Å². The lowest BCUT2D eigenvalue weighted by atomic mass is 10.4. The Labute approximate surface area is 56.9 Å². The summed E-state index contributed by atoms with van der Waals surface area (Å²) in [6.07, 6.45) is 4.15. The van der Waals surface area contributed by atoms with E-state index in [4.69, 9.17) is 4.84 Å². The predicted molar refractivity (Wildman–Crippen MR) is 39.6 cm³/mol. The van der Waals surface area contributed by atoms with Crippen molar-refractivity contribution in [2.45, 2.75) is 39.7 Å². The summed E-state index contributed by atoms with van der Waals surface area (Å²) in [5.41, 5.74) is 0. The minimum atomic E-state index is 0.207. The second-order valence-electron chi connectivity index (χ2n) is 2.23. The highest BCUT2D eigenvalue weighted by atomic mass is 16.6. The molecule has 0 spiro atoms. The van der Waals surface area contributed by atoms with E-state index in [2.05, 4.69) is 12.1 Å². The first-order chi connectivity index (χ1) is 4.27. The first kappa shape index (κ1) is 8.47. The maximum Gasteiger partial charge on any atom is 0.121 e. The molecule has 0 saturated heterocycles. The molecule has 0 aromatic rings. The fraction of sp³-hybridized carbons (Fsp3) is 0.857. The average molecular weight is 129 g/mol. The van der Waals surface area contributed by atoms with Gasteiger partial charge in [0.2, 0.25) is 0 Å². The van der Waals surface area contributed by atoms with Gasteiger partial charge in [-0.15, -0.1) is 0 Å². The molecule has 0 amide bonds. The molecule has 0 aromatic heterocycles. The molecule has 2 nitrogen and oxygen atoms in total. The van der Waals surface area contributed by atoms with Gasteiger partial charge in [-0.2, -0.15) is 0 Å². The SMILES string of the molecule is CCC/C=N/OC(C)C. The van der Waals surface area contributed by atoms with E-state index < -0.39 is 0 Å². The smallest absolute Gasteiger partial charge is 0.121 e. The highest BCUT2D eigenvalue weighted by Gasteiger charge is 1.85. The van der Waals surface area contributed by atoms with E-state index in [0.717, 1.165) is 12.8 Å². The van der Waals surface area contributed by atoms with Crippen LogP contribution in [0.4, 0.5) is 0 Å². The molecule has 0 fully saturated rings. The summed E-state index contributed by atoms with van der Waals surface area (Å²) in [6, 6.07) is 0. The van der Waals surface area contributed by atoms with Crippen molar-refractivity contribution in [1.82, 2.24) is 0 Å². The van der Waals surface area contributed by atoms with Crippen molar-refractivity contribution < 1.29 is 4.84 Å². The van der Waals surface area contributed by atoms with Crippen molar-refractivity contribution >= 4 is 6.21 Å². The third kappa shape index (κ3) is 7.47. The second kappa shape index (κ2) is 5.60. The zero-order chi connectivity index (χ0) is 7.11. The molecular weight excluding hydrogens is 114 g/mol. The Balaban J connectivity index is 3.04. The number of unbranched alkanes of at least 4 members (excludes halogenated alkanes) is 1. The molecule has 0 aromatic carbocycles. The van der Waals surface area contributed by atoms with Gasteiger partial charge >= 0.3 is 0 Å². The zero-order valence-corrected chi connectivity index (χ0v) is 6.42. The molecular formula is C7H15NO. The molecule has 9 heavy (non-hydrogen) atoms. The van der Waals surface area contributed by atoms with Crippen molar-refractivity contribution in [2.24, 2.45) is 5.16 Å². The van der Waals surface area contributed by atoms with Gasteiger partial charge in [0.05, 0.1) is 0 Å². The molecule has 0 N–H and O–H groups in total. The van der Waals surface area contributed by atoms with Crippen LogP contribution in [0.15, 0.2) is 5.16 Å². The second-order valence-corrected chi connectivity index (χ2v) is 2.23. The first-order valence-electron chi connectivity index (χ1n) is 3.45. The predicted octanol–water partition coefficient (Wildman–Crippen LogP) is 2.20. The van der Waals surface area contributed by atoms with Gasteiger partial charge in [-0.1, -0.05) is 18.5 Å². The van der Waals surface area contributed by atoms with Gasteiger partial charge in [-0.25, -0.2) is 0 Å². The van der Waals surface area contributed by atoms with E-state index in [1.165, 1.54) is 0 Å². The summed E-state index contributed by atoms with van der Waals surface area (Å²) in [6.45, 7) is 6.04. The number of rotatable bonds is 4. The maximum atomic E-state index is 4.91. The fourth-order valence-corrected chi connectivity index (χ4v) is 0.347. The quantitative estimate of drug-likeness (QED) is 0.421. The highest BCUT2D eigenvalue weighted by Crippen LogP contribution is 1.88. The fourth-order valence-electron chi connectivity index (χ4n) is 0.347. The van der Waals surface area contributed by atoms with E-state index in [1.54, 1.807) is 6.21 Å². The van der Waals surface area contributed by atoms with Crippen LogP contribution in [0.2, 0.25) is 0 Å². The van der Waals surface area contributed by atoms with E-state index in [0.29, 0.717) is 0 Å². The lowest BCUT2D eigenvalue weighted by Gasteiger charge is -1.99. The largest absolute Gasteiger partial charge is 0.393 e. The van der Waals surface area contributed by atoms with Gasteiger partial charge in [0, 0.05) is 6.21 Å². The van der Waals surface area contributed by atoms with Crippen LogP contribution in [0.5, 0.6) is 0 Å². The normalized spacial score (nSPS) is 11.1. The van der Waals surface area contributed by atoms with Gasteiger partial charge < -0.3 is 4.84 Å². The van der Waals surface area contributed by atoms with Crippen LogP contribution in [0.25, 0.3) is 0 Å². The molecule has 0 radical (unpaired) electrons. The van der Waals surface area contributed by atoms with Crippen LogP contribution in [-0.2, 0) is 4.84 Å². The summed E-state index contributed by atoms with van der Waals surface area (Å²) < 4.78 is 0. The Bertz CT molecular complexity index is 79.0. The van der Waals surface area contributed by atoms with Crippen LogP contribution in [-0.4, -0.2) is 12.3 Å². The lowest BCUT2D eigenvalue weighted by Crippen LogP contribution is -1.95. The van der Waals surface area contributed by atoms with Crippen LogP contribution in [0.3, 0.4) is 0 Å². The molecule has 0 aliphatic rings. The summed E-state index contributed by atoms with van der Waals surface area (Å²) >= 11 is 0. The highest BCUT2D eigenvalue weighted by molar-refractivity contribution is 5.55. The van der Waals surface area contributed by atoms with Gasteiger partial charge in [-0.05, 0) is 20.3 Å². The van der Waals surface area contributed by atoms with Crippen LogP contribution >= 0.6 is 0 Å². The molecule has 2 heteroatoms. The molecule has 0 aliphatic carbocycles. The third-order valence-electron chi connectivity index (χ3n) is 0.764. The lowest BCUT2D eigenvalue weighted by molar-refractivity contribution is 0.0868. The number of oxime groups is 1. The summed E-state index contributed by atoms with van der Waals surface area (Å²) in [7, 11) is 0. The zero-order valence-electron chi connectivity index (χ0n) is 6.42. The Kier molecular flexibility index (Phi) is 5.27. The molecule has 0 heterocycles. The number of hydrogen-bond donors (Lipinski definition) is 0. The summed E-state index contributed by atoms with van der Waals surface area (Å²) in [5.74, 6) is 0. The number of nitrogens with zero attached hydrogens (tertiary/aromatic N) is 1. The molecule has 0 unspecified atom stereocenters. The summed E-state index contributed by atoms with van der Waals surface area (Å²) in [5, 5.41) is 3.74. The van der Waals surface area contributed by atoms with E-state index in [1.807, 2.05) is 13.8 Å². The van der Waals surface area contributed by atoms with Crippen molar-refractivity contribution in [3.63, 3.8) is 0 Å². The Morgan fingerprint density at radius 2 is 2.22 bits per heavy atom. The van der Waals surface area contributed by atoms with Gasteiger partial charge in [0.1, 0.15) is 6.10 Å². The van der Waals surface area contributed by atoms with Crippen LogP contribution in [0.1, 0.15) is 33.6 Å². The molecule has 0 aliphatic heterocycles. The minimum Gasteiger partial charge on any atom is -0.393 e. The monoisotopic (exact) mass is 129 g/mol. The maximum absolute atomic E-state index is 4.91. The molecule has 54 valence electrons. The van der Waals surface area contributed by atoms with Gasteiger partial charge in [-0.3, -0.25) is 0 Å². The molecule has 0 bridgehead atoms. The van der Waals surface area contributed by atoms with E-state index >= 15 is 0 Å². The topological polar surface area (TPSA) is 21.6 Å². The van der Waals surface area contributed by atoms with E-state index in [-0.39, 0.29) is 6.10 Å². The Hall–Kier alpha value is -0.530. The summed E-state index contributed by atoms with van der Waals surface area (Å²) in [4.78, 5) is 4.91. The first-order valence-corrected chi connectivity index (χ1v) is 3.45. The van der Waals surface area contributed by atoms with Crippen molar-refractivity contribution in [3.05, 3.63) is 0 Å². The Morgan fingerprint density at radius 1 is 1.56 bits per heavy atom. The van der Waals surface area contributed by atoms with Crippen molar-refractivity contribution in [1.29, 1.82) is 0 Å². The standard InChI is InChI=1S/C7H15NO/c1-4-5-6-8-9-7(2)3/h6-7H,4-5H2,1-3H3/b8-6+. The van der Waals surface area contributed by atoms with Crippen molar-refractivity contribution in [2.75, 3.05) is 0 Å².